The maximum atomic E-state index is 5.68. The zero-order valence-electron chi connectivity index (χ0n) is 11.3. The van der Waals surface area contributed by atoms with E-state index in [0.29, 0.717) is 6.61 Å². The number of hydrogen-bond acceptors (Lipinski definition) is 1. The molecular formula is C16H22O. The Morgan fingerprint density at radius 1 is 1.29 bits per heavy atom. The largest absolute Gasteiger partial charge is 0.494 e. The fourth-order valence-corrected chi connectivity index (χ4v) is 1.82. The zero-order valence-corrected chi connectivity index (χ0v) is 11.3. The van der Waals surface area contributed by atoms with Gasteiger partial charge >= 0.3 is 0 Å². The summed E-state index contributed by atoms with van der Waals surface area (Å²) in [4.78, 5) is 0. The van der Waals surface area contributed by atoms with Gasteiger partial charge in [0.25, 0.3) is 0 Å². The normalized spacial score (nSPS) is 11.0. The molecule has 0 fully saturated rings. The van der Waals surface area contributed by atoms with Gasteiger partial charge in [0, 0.05) is 6.42 Å². The fraction of sp³-hybridized carbons (Fsp3) is 0.500. The molecule has 1 heteroatoms. The van der Waals surface area contributed by atoms with Crippen molar-refractivity contribution in [2.24, 2.45) is 0 Å². The van der Waals surface area contributed by atoms with Crippen molar-refractivity contribution < 1.29 is 4.74 Å². The zero-order chi connectivity index (χ0) is 12.9. The van der Waals surface area contributed by atoms with E-state index in [1.54, 1.807) is 0 Å². The van der Waals surface area contributed by atoms with E-state index in [1.807, 2.05) is 6.92 Å². The molecule has 0 bridgehead atoms. The summed E-state index contributed by atoms with van der Waals surface area (Å²) in [7, 11) is 0. The second-order valence-electron chi connectivity index (χ2n) is 5.22. The van der Waals surface area contributed by atoms with Gasteiger partial charge in [-0.05, 0) is 36.0 Å². The van der Waals surface area contributed by atoms with E-state index >= 15 is 0 Å². The van der Waals surface area contributed by atoms with Gasteiger partial charge in [0.2, 0.25) is 0 Å². The Labute approximate surface area is 105 Å². The van der Waals surface area contributed by atoms with Crippen LogP contribution in [0.3, 0.4) is 0 Å². The lowest BCUT2D eigenvalue weighted by atomic mass is 9.85. The number of aryl methyl sites for hydroxylation is 1. The summed E-state index contributed by atoms with van der Waals surface area (Å²) in [5.41, 5.74) is 2.64. The molecule has 0 saturated carbocycles. The molecule has 17 heavy (non-hydrogen) atoms. The molecule has 1 aromatic rings. The predicted octanol–water partition coefficient (Wildman–Crippen LogP) is 3.95. The van der Waals surface area contributed by atoms with Gasteiger partial charge in [-0.3, -0.25) is 0 Å². The van der Waals surface area contributed by atoms with Crippen molar-refractivity contribution in [3.05, 3.63) is 29.3 Å². The first kappa shape index (κ1) is 13.6. The summed E-state index contributed by atoms with van der Waals surface area (Å²) in [5, 5.41) is 0. The summed E-state index contributed by atoms with van der Waals surface area (Å²) >= 11 is 0. The Balaban J connectivity index is 3.07. The van der Waals surface area contributed by atoms with E-state index in [-0.39, 0.29) is 5.41 Å². The lowest BCUT2D eigenvalue weighted by molar-refractivity contribution is 0.329. The SMILES string of the molecule is C#CCCc1ccc(OCC)c(C(C)(C)C)c1. The topological polar surface area (TPSA) is 9.23 Å². The lowest BCUT2D eigenvalue weighted by Crippen LogP contribution is -2.14. The highest BCUT2D eigenvalue weighted by molar-refractivity contribution is 5.41. The average Bonchev–Trinajstić information content (AvgIpc) is 2.26. The third-order valence-electron chi connectivity index (χ3n) is 2.71. The minimum Gasteiger partial charge on any atom is -0.494 e. The molecule has 1 nitrogen and oxygen atoms in total. The monoisotopic (exact) mass is 230 g/mol. The van der Waals surface area contributed by atoms with Gasteiger partial charge in [-0.1, -0.05) is 32.9 Å². The van der Waals surface area contributed by atoms with Crippen LogP contribution in [0.15, 0.2) is 18.2 Å². The number of terminal acetylenes is 1. The highest BCUT2D eigenvalue weighted by atomic mass is 16.5. The molecule has 0 N–H and O–H groups in total. The van der Waals surface area contributed by atoms with Gasteiger partial charge in [-0.2, -0.15) is 0 Å². The van der Waals surface area contributed by atoms with Gasteiger partial charge in [0.15, 0.2) is 0 Å². The highest BCUT2D eigenvalue weighted by Gasteiger charge is 2.19. The molecule has 0 aromatic heterocycles. The third kappa shape index (κ3) is 3.82. The molecule has 0 aliphatic carbocycles. The second-order valence-corrected chi connectivity index (χ2v) is 5.22. The second kappa shape index (κ2) is 5.77. The molecular weight excluding hydrogens is 208 g/mol. The number of rotatable bonds is 4. The third-order valence-corrected chi connectivity index (χ3v) is 2.71. The summed E-state index contributed by atoms with van der Waals surface area (Å²) < 4.78 is 5.68. The highest BCUT2D eigenvalue weighted by Crippen LogP contribution is 2.32. The number of ether oxygens (including phenoxy) is 1. The van der Waals surface area contributed by atoms with E-state index in [1.165, 1.54) is 11.1 Å². The van der Waals surface area contributed by atoms with E-state index < -0.39 is 0 Å². The lowest BCUT2D eigenvalue weighted by Gasteiger charge is -2.23. The van der Waals surface area contributed by atoms with Crippen LogP contribution in [-0.4, -0.2) is 6.61 Å². The van der Waals surface area contributed by atoms with Crippen LogP contribution in [0.5, 0.6) is 5.75 Å². The van der Waals surface area contributed by atoms with Crippen molar-refractivity contribution in [3.8, 4) is 18.1 Å². The molecule has 0 aliphatic heterocycles. The van der Waals surface area contributed by atoms with Crippen LogP contribution in [0.4, 0.5) is 0 Å². The van der Waals surface area contributed by atoms with Crippen molar-refractivity contribution in [3.63, 3.8) is 0 Å². The van der Waals surface area contributed by atoms with Gasteiger partial charge in [-0.25, -0.2) is 0 Å². The molecule has 0 radical (unpaired) electrons. The Bertz CT molecular complexity index is 405. The first-order valence-electron chi connectivity index (χ1n) is 6.18. The first-order valence-corrected chi connectivity index (χ1v) is 6.18. The van der Waals surface area contributed by atoms with Crippen LogP contribution in [-0.2, 0) is 11.8 Å². The molecule has 0 saturated heterocycles. The van der Waals surface area contributed by atoms with E-state index in [0.717, 1.165) is 18.6 Å². The summed E-state index contributed by atoms with van der Waals surface area (Å²) in [6.45, 7) is 9.33. The Hall–Kier alpha value is -1.42. The molecule has 0 unspecified atom stereocenters. The van der Waals surface area contributed by atoms with Gasteiger partial charge < -0.3 is 4.74 Å². The van der Waals surface area contributed by atoms with Gasteiger partial charge in [0.05, 0.1) is 6.61 Å². The molecule has 0 amide bonds. The predicted molar refractivity (Wildman–Crippen MR) is 73.5 cm³/mol. The van der Waals surface area contributed by atoms with Crippen LogP contribution in [0.2, 0.25) is 0 Å². The molecule has 0 spiro atoms. The fourth-order valence-electron chi connectivity index (χ4n) is 1.82. The minimum atomic E-state index is 0.0939. The van der Waals surface area contributed by atoms with Crippen molar-refractivity contribution >= 4 is 0 Å². The van der Waals surface area contributed by atoms with E-state index in [9.17, 15) is 0 Å². The van der Waals surface area contributed by atoms with Crippen molar-refractivity contribution in [2.45, 2.75) is 46.0 Å². The van der Waals surface area contributed by atoms with Crippen LogP contribution in [0.1, 0.15) is 45.2 Å². The average molecular weight is 230 g/mol. The summed E-state index contributed by atoms with van der Waals surface area (Å²) in [5.74, 6) is 3.67. The van der Waals surface area contributed by atoms with Crippen LogP contribution >= 0.6 is 0 Å². The Kier molecular flexibility index (Phi) is 4.63. The van der Waals surface area contributed by atoms with Crippen molar-refractivity contribution in [1.29, 1.82) is 0 Å². The molecule has 1 aromatic carbocycles. The van der Waals surface area contributed by atoms with Crippen LogP contribution in [0.25, 0.3) is 0 Å². The quantitative estimate of drug-likeness (QED) is 0.712. The van der Waals surface area contributed by atoms with Gasteiger partial charge in [-0.15, -0.1) is 12.3 Å². The smallest absolute Gasteiger partial charge is 0.123 e. The van der Waals surface area contributed by atoms with Crippen molar-refractivity contribution in [2.75, 3.05) is 6.61 Å². The summed E-state index contributed by atoms with van der Waals surface area (Å²) in [6, 6.07) is 6.40. The van der Waals surface area contributed by atoms with Crippen molar-refractivity contribution in [1.82, 2.24) is 0 Å². The Morgan fingerprint density at radius 3 is 2.53 bits per heavy atom. The maximum Gasteiger partial charge on any atom is 0.123 e. The van der Waals surface area contributed by atoms with E-state index in [2.05, 4.69) is 44.9 Å². The Morgan fingerprint density at radius 2 is 2.00 bits per heavy atom. The molecule has 0 heterocycles. The summed E-state index contributed by atoms with van der Waals surface area (Å²) in [6.07, 6.45) is 7.03. The standard InChI is InChI=1S/C16H22O/c1-6-8-9-13-10-11-15(17-7-2)14(12-13)16(3,4)5/h1,10-12H,7-9H2,2-5H3. The first-order chi connectivity index (χ1) is 7.99. The molecule has 0 atom stereocenters. The van der Waals surface area contributed by atoms with Crippen LogP contribution in [0, 0.1) is 12.3 Å². The van der Waals surface area contributed by atoms with Crippen LogP contribution < -0.4 is 4.74 Å². The number of hydrogen-bond donors (Lipinski definition) is 0. The molecule has 1 rings (SSSR count). The minimum absolute atomic E-state index is 0.0939. The van der Waals surface area contributed by atoms with E-state index in [4.69, 9.17) is 11.2 Å². The number of benzene rings is 1. The van der Waals surface area contributed by atoms with Gasteiger partial charge in [0.1, 0.15) is 5.75 Å². The molecule has 0 aliphatic rings. The maximum absolute atomic E-state index is 5.68. The molecule has 92 valence electrons.